The average Bonchev–Trinajstić information content (AvgIpc) is 1.05. The Labute approximate surface area is 638 Å². The molecule has 0 saturated carbocycles. The molecule has 0 spiro atoms. The van der Waals surface area contributed by atoms with Crippen LogP contribution >= 0.6 is 0 Å². The number of furan rings is 2. The van der Waals surface area contributed by atoms with Gasteiger partial charge in [0.15, 0.2) is 0 Å². The van der Waals surface area contributed by atoms with Gasteiger partial charge in [0.05, 0.1) is 27.9 Å². The summed E-state index contributed by atoms with van der Waals surface area (Å²) in [5.41, 5.74) is 33.4. The van der Waals surface area contributed by atoms with Crippen LogP contribution in [-0.2, 0) is 22.7 Å². The molecule has 3 aliphatic rings. The molecule has 4 aromatic heterocycles. The van der Waals surface area contributed by atoms with Gasteiger partial charge in [0, 0.05) is 106 Å². The van der Waals surface area contributed by atoms with Gasteiger partial charge in [-0.25, -0.2) is 0 Å². The third kappa shape index (κ3) is 10.5. The first-order valence-electron chi connectivity index (χ1n) is 38.9. The van der Waals surface area contributed by atoms with E-state index in [4.69, 9.17) is 8.83 Å². The first-order valence-corrected chi connectivity index (χ1v) is 38.9. The highest BCUT2D eigenvalue weighted by Gasteiger charge is 2.46. The SMILES string of the molecule is CC(C)(C)/C1=C/c2c(n(-c3ccc4c(c3)N(c3ccc(C(C)(C)C)cc3-c3ccccc3)c3cc(-c5cccc6c5oc5ccc7oc8ccccc8c7c56)cc5c3B4c3ccc(-n4c6ccccc6c6ccccc64)cc3N5c3ccc(C(C)(C)C)cc3-c3ccccc3)c3ccc(C(C)(C)C)cc23)C/C=C\C1. The molecule has 0 fully saturated rings. The molecule has 0 saturated heterocycles. The summed E-state index contributed by atoms with van der Waals surface area (Å²) in [6.45, 7) is 27.9. The standard InChI is InChI=1S/C102H87BN4O2/c1-99(2,3)65-32-19-23-40-84-78(58-65)79-59-68(102(10,11)12)44-51-87(79)105(84)70-46-48-81-89(61-70)107(86-50-43-67(101(7,8)9)57-77(86)63-30-17-14-18-31-63)91-55-64(71-36-27-37-75-96-94(109-98(71)75)53-52-93-95(96)74-35-22-26-41-92(74)108-93)54-90-97(91)103(81)80-47-45-69(104-82-38-24-20-33-72(82)73-34-21-25-39-83(73)104)60-88(80)106(90)85-49-42-66(100(4,5)6)56-76(85)62-28-15-13-16-29-62/h13-31,33-39,41-61H,32,40H2,1-12H3/b23-19-,65-58+. The summed E-state index contributed by atoms with van der Waals surface area (Å²) in [7, 11) is 0. The zero-order chi connectivity index (χ0) is 74.3. The van der Waals surface area contributed by atoms with Gasteiger partial charge < -0.3 is 27.8 Å². The first kappa shape index (κ1) is 66.4. The molecule has 0 radical (unpaired) electrons. The third-order valence-corrected chi connectivity index (χ3v) is 23.9. The molecule has 13 aromatic carbocycles. The fourth-order valence-electron chi connectivity index (χ4n) is 18.2. The van der Waals surface area contributed by atoms with Gasteiger partial charge in [-0.15, -0.1) is 0 Å². The Kier molecular flexibility index (Phi) is 14.8. The minimum Gasteiger partial charge on any atom is -0.456 e. The predicted molar refractivity (Wildman–Crippen MR) is 463 cm³/mol. The van der Waals surface area contributed by atoms with Gasteiger partial charge in [-0.1, -0.05) is 271 Å². The van der Waals surface area contributed by atoms with Crippen molar-refractivity contribution in [1.29, 1.82) is 0 Å². The Balaban J connectivity index is 0.951. The fourth-order valence-corrected chi connectivity index (χ4v) is 18.2. The van der Waals surface area contributed by atoms with Crippen LogP contribution in [0.4, 0.5) is 34.1 Å². The normalized spacial score (nSPS) is 14.7. The maximum Gasteiger partial charge on any atom is 0.252 e. The lowest BCUT2D eigenvalue weighted by Crippen LogP contribution is -2.61. The van der Waals surface area contributed by atoms with E-state index in [0.29, 0.717) is 0 Å². The lowest BCUT2D eigenvalue weighted by molar-refractivity contribution is 0.497. The minimum atomic E-state index is -0.262. The molecule has 0 N–H and O–H groups in total. The molecule has 0 atom stereocenters. The van der Waals surface area contributed by atoms with Gasteiger partial charge >= 0.3 is 0 Å². The van der Waals surface area contributed by atoms with Gasteiger partial charge in [0.25, 0.3) is 6.71 Å². The van der Waals surface area contributed by atoms with E-state index in [1.54, 1.807) is 0 Å². The number of benzene rings is 13. The van der Waals surface area contributed by atoms with E-state index in [-0.39, 0.29) is 28.4 Å². The summed E-state index contributed by atoms with van der Waals surface area (Å²) in [6.07, 6.45) is 9.07. The molecule has 6 heterocycles. The molecule has 17 aromatic rings. The molecule has 2 aliphatic heterocycles. The van der Waals surface area contributed by atoms with Gasteiger partial charge in [-0.05, 0) is 181 Å². The highest BCUT2D eigenvalue weighted by atomic mass is 16.3. The summed E-state index contributed by atoms with van der Waals surface area (Å²) >= 11 is 0. The van der Waals surface area contributed by atoms with Crippen molar-refractivity contribution in [2.24, 2.45) is 5.41 Å². The molecule has 0 unspecified atom stereocenters. The number of anilines is 6. The Hall–Kier alpha value is -12.1. The second kappa shape index (κ2) is 24.2. The summed E-state index contributed by atoms with van der Waals surface area (Å²) < 4.78 is 19.2. The second-order valence-electron chi connectivity index (χ2n) is 34.8. The Morgan fingerprint density at radius 2 is 0.807 bits per heavy atom. The van der Waals surface area contributed by atoms with E-state index in [1.165, 1.54) is 71.6 Å². The highest BCUT2D eigenvalue weighted by Crippen LogP contribution is 2.54. The van der Waals surface area contributed by atoms with E-state index in [9.17, 15) is 0 Å². The molecular formula is C102H87BN4O2. The number of hydrogen-bond donors (Lipinski definition) is 0. The molecule has 7 heteroatoms. The van der Waals surface area contributed by atoms with Crippen LogP contribution in [-0.4, -0.2) is 15.8 Å². The van der Waals surface area contributed by atoms with Crippen molar-refractivity contribution in [3.63, 3.8) is 0 Å². The smallest absolute Gasteiger partial charge is 0.252 e. The van der Waals surface area contributed by atoms with Crippen molar-refractivity contribution in [2.75, 3.05) is 9.80 Å². The van der Waals surface area contributed by atoms with E-state index >= 15 is 0 Å². The van der Waals surface area contributed by atoms with Crippen LogP contribution in [0, 0.1) is 5.41 Å². The van der Waals surface area contributed by atoms with Crippen molar-refractivity contribution in [3.05, 3.63) is 313 Å². The van der Waals surface area contributed by atoms with Crippen LogP contribution in [0.3, 0.4) is 0 Å². The summed E-state index contributed by atoms with van der Waals surface area (Å²) in [5.74, 6) is 0. The van der Waals surface area contributed by atoms with Gasteiger partial charge in [0.2, 0.25) is 0 Å². The molecule has 1 aliphatic carbocycles. The van der Waals surface area contributed by atoms with Crippen LogP contribution in [0.25, 0.3) is 127 Å². The van der Waals surface area contributed by atoms with Crippen LogP contribution in [0.2, 0.25) is 0 Å². The largest absolute Gasteiger partial charge is 0.456 e. The number of fused-ring (bicyclic) bond motifs is 17. The van der Waals surface area contributed by atoms with Gasteiger partial charge in [-0.2, -0.15) is 0 Å². The fraction of sp³-hybridized carbons (Fsp3) is 0.176. The number of para-hydroxylation sites is 4. The van der Waals surface area contributed by atoms with Crippen LogP contribution in [0.5, 0.6) is 0 Å². The van der Waals surface area contributed by atoms with Gasteiger partial charge in [0.1, 0.15) is 22.3 Å². The van der Waals surface area contributed by atoms with E-state index in [0.717, 1.165) is 147 Å². The van der Waals surface area contributed by atoms with Crippen LogP contribution < -0.4 is 26.2 Å². The van der Waals surface area contributed by atoms with Crippen molar-refractivity contribution >= 4 is 140 Å². The number of nitrogens with zero attached hydrogens (tertiary/aromatic N) is 4. The molecule has 6 nitrogen and oxygen atoms in total. The van der Waals surface area contributed by atoms with E-state index in [2.05, 4.69) is 387 Å². The first-order chi connectivity index (χ1) is 52.6. The Bertz CT molecular complexity index is 6670. The Morgan fingerprint density at radius 1 is 0.321 bits per heavy atom. The van der Waals surface area contributed by atoms with Crippen LogP contribution in [0.1, 0.15) is 117 Å². The summed E-state index contributed by atoms with van der Waals surface area (Å²) in [4.78, 5) is 5.33. The molecule has 0 amide bonds. The maximum atomic E-state index is 7.45. The number of aromatic nitrogens is 2. The molecule has 109 heavy (non-hydrogen) atoms. The molecule has 530 valence electrons. The minimum absolute atomic E-state index is 0.0440. The molecule has 0 bridgehead atoms. The summed E-state index contributed by atoms with van der Waals surface area (Å²) in [6, 6.07) is 101. The monoisotopic (exact) mass is 1410 g/mol. The zero-order valence-corrected chi connectivity index (χ0v) is 64.2. The molecular weight excluding hydrogens is 1320 g/mol. The topological polar surface area (TPSA) is 42.6 Å². The lowest BCUT2D eigenvalue weighted by Gasteiger charge is -2.45. The van der Waals surface area contributed by atoms with Gasteiger partial charge in [-0.3, -0.25) is 0 Å². The lowest BCUT2D eigenvalue weighted by atomic mass is 9.33. The maximum absolute atomic E-state index is 7.45. The quantitative estimate of drug-likeness (QED) is 0.118. The predicted octanol–water partition coefficient (Wildman–Crippen LogP) is 26.4. The van der Waals surface area contributed by atoms with Crippen molar-refractivity contribution < 1.29 is 8.83 Å². The third-order valence-electron chi connectivity index (χ3n) is 23.9. The number of rotatable bonds is 7. The number of hydrogen-bond acceptors (Lipinski definition) is 4. The van der Waals surface area contributed by atoms with Crippen LogP contribution in [0.15, 0.2) is 293 Å². The Morgan fingerprint density at radius 3 is 1.39 bits per heavy atom. The second-order valence-corrected chi connectivity index (χ2v) is 34.8. The van der Waals surface area contributed by atoms with E-state index in [1.807, 2.05) is 0 Å². The highest BCUT2D eigenvalue weighted by molar-refractivity contribution is 7.00. The van der Waals surface area contributed by atoms with Crippen molar-refractivity contribution in [1.82, 2.24) is 9.13 Å². The average molecular weight is 1410 g/mol. The zero-order valence-electron chi connectivity index (χ0n) is 64.2. The van der Waals surface area contributed by atoms with Crippen molar-refractivity contribution in [3.8, 4) is 44.8 Å². The van der Waals surface area contributed by atoms with E-state index < -0.39 is 0 Å². The number of allylic oxidation sites excluding steroid dienone is 3. The molecule has 20 rings (SSSR count). The van der Waals surface area contributed by atoms with Crippen molar-refractivity contribution in [2.45, 2.75) is 112 Å². The summed E-state index contributed by atoms with van der Waals surface area (Å²) in [5, 5.41) is 7.94.